The van der Waals surface area contributed by atoms with Gasteiger partial charge in [0.2, 0.25) is 0 Å². The second kappa shape index (κ2) is 13.5. The quantitative estimate of drug-likeness (QED) is 0.508. The molecule has 0 aliphatic carbocycles. The highest BCUT2D eigenvalue weighted by molar-refractivity contribution is 5.94. The van der Waals surface area contributed by atoms with Crippen LogP contribution in [0.3, 0.4) is 0 Å². The minimum Gasteiger partial charge on any atom is -0.475 e. The van der Waals surface area contributed by atoms with Crippen LogP contribution in [-0.4, -0.2) is 87.2 Å². The molecule has 0 radical (unpaired) electrons. The molecule has 1 unspecified atom stereocenters. The number of aryl methyl sites for hydroxylation is 1. The van der Waals surface area contributed by atoms with Crippen molar-refractivity contribution < 1.29 is 60.4 Å². The summed E-state index contributed by atoms with van der Waals surface area (Å²) >= 11 is 0. The number of ether oxygens (including phenoxy) is 2. The van der Waals surface area contributed by atoms with E-state index in [1.165, 1.54) is 0 Å². The van der Waals surface area contributed by atoms with Crippen LogP contribution in [0.2, 0.25) is 0 Å². The molecule has 2 fully saturated rings. The Labute approximate surface area is 223 Å². The Morgan fingerprint density at radius 2 is 1.68 bits per heavy atom. The Balaban J connectivity index is 0.000000333. The zero-order valence-corrected chi connectivity index (χ0v) is 20.9. The van der Waals surface area contributed by atoms with Crippen molar-refractivity contribution in [3.8, 4) is 0 Å². The molecular weight excluding hydrogens is 556 g/mol. The van der Waals surface area contributed by atoms with Gasteiger partial charge in [-0.15, -0.1) is 0 Å². The number of aromatic nitrogens is 2. The molecule has 0 aromatic carbocycles. The zero-order valence-electron chi connectivity index (χ0n) is 20.9. The molecule has 2 saturated heterocycles. The van der Waals surface area contributed by atoms with Crippen LogP contribution in [-0.2, 0) is 25.7 Å². The number of carbonyl (C=O) groups is 3. The number of nitrogens with zero attached hydrogens (tertiary/aromatic N) is 3. The number of hydrogen-bond donors (Lipinski definition) is 2. The van der Waals surface area contributed by atoms with E-state index >= 15 is 0 Å². The van der Waals surface area contributed by atoms with Gasteiger partial charge in [-0.3, -0.25) is 14.8 Å². The van der Waals surface area contributed by atoms with Crippen molar-refractivity contribution in [1.29, 1.82) is 0 Å². The minimum absolute atomic E-state index is 0.0236. The summed E-state index contributed by atoms with van der Waals surface area (Å²) in [7, 11) is 0. The van der Waals surface area contributed by atoms with E-state index in [4.69, 9.17) is 29.3 Å². The Morgan fingerprint density at radius 3 is 2.17 bits per heavy atom. The van der Waals surface area contributed by atoms with Crippen LogP contribution in [0.4, 0.5) is 26.3 Å². The van der Waals surface area contributed by atoms with Crippen LogP contribution in [0.15, 0.2) is 42.9 Å². The third-order valence-electron chi connectivity index (χ3n) is 5.71. The van der Waals surface area contributed by atoms with Crippen molar-refractivity contribution in [2.24, 2.45) is 5.92 Å². The largest absolute Gasteiger partial charge is 0.490 e. The van der Waals surface area contributed by atoms with Gasteiger partial charge in [-0.1, -0.05) is 6.07 Å². The normalized spacial score (nSPS) is 17.6. The first-order valence-electron chi connectivity index (χ1n) is 11.5. The minimum atomic E-state index is -5.08. The molecular formula is C24H25F6N3O7. The second-order valence-corrected chi connectivity index (χ2v) is 8.75. The number of hydrogen-bond acceptors (Lipinski definition) is 7. The molecule has 220 valence electrons. The summed E-state index contributed by atoms with van der Waals surface area (Å²) < 4.78 is 75.4. The van der Waals surface area contributed by atoms with Crippen LogP contribution >= 0.6 is 0 Å². The summed E-state index contributed by atoms with van der Waals surface area (Å²) in [5.41, 5.74) is 2.31. The lowest BCUT2D eigenvalue weighted by atomic mass is 9.81. The Morgan fingerprint density at radius 1 is 1.07 bits per heavy atom. The van der Waals surface area contributed by atoms with Gasteiger partial charge < -0.3 is 24.6 Å². The maximum Gasteiger partial charge on any atom is 0.490 e. The lowest BCUT2D eigenvalue weighted by Gasteiger charge is -2.50. The van der Waals surface area contributed by atoms with E-state index in [1.807, 2.05) is 36.1 Å². The van der Waals surface area contributed by atoms with Gasteiger partial charge in [0.25, 0.3) is 5.91 Å². The Hall–Kier alpha value is -3.79. The fraction of sp³-hybridized carbons (Fsp3) is 0.458. The number of halogens is 6. The Kier molecular flexibility index (Phi) is 11.0. The Bertz CT molecular complexity index is 1130. The monoisotopic (exact) mass is 581 g/mol. The number of carboxylic acids is 2. The van der Waals surface area contributed by atoms with E-state index in [0.717, 1.165) is 24.3 Å². The number of rotatable bonds is 5. The lowest BCUT2D eigenvalue weighted by molar-refractivity contribution is -0.193. The number of likely N-dealkylation sites (tertiary alicyclic amines) is 1. The molecule has 0 saturated carbocycles. The average Bonchev–Trinajstić information content (AvgIpc) is 3.27. The van der Waals surface area contributed by atoms with Gasteiger partial charge in [-0.05, 0) is 37.1 Å². The summed E-state index contributed by atoms with van der Waals surface area (Å²) in [4.78, 5) is 40.6. The first-order valence-corrected chi connectivity index (χ1v) is 11.5. The van der Waals surface area contributed by atoms with Gasteiger partial charge in [-0.25, -0.2) is 9.59 Å². The van der Waals surface area contributed by atoms with Gasteiger partial charge in [0.05, 0.1) is 37.6 Å². The molecule has 40 heavy (non-hydrogen) atoms. The van der Waals surface area contributed by atoms with E-state index in [9.17, 15) is 31.1 Å². The van der Waals surface area contributed by atoms with Gasteiger partial charge in [0, 0.05) is 31.1 Å². The topological polar surface area (TPSA) is 139 Å². The molecule has 4 rings (SSSR count). The molecule has 2 aromatic heterocycles. The lowest BCUT2D eigenvalue weighted by Crippen LogP contribution is -2.66. The predicted molar refractivity (Wildman–Crippen MR) is 123 cm³/mol. The number of carbonyl (C=O) groups excluding carboxylic acids is 1. The predicted octanol–water partition coefficient (Wildman–Crippen LogP) is 3.50. The van der Waals surface area contributed by atoms with Crippen LogP contribution in [0.1, 0.15) is 28.0 Å². The maximum atomic E-state index is 12.6. The van der Waals surface area contributed by atoms with Crippen LogP contribution < -0.4 is 0 Å². The van der Waals surface area contributed by atoms with Crippen molar-refractivity contribution in [2.45, 2.75) is 37.9 Å². The number of amides is 1. The molecule has 4 heterocycles. The number of pyridine rings is 2. The number of aliphatic carboxylic acids is 2. The summed E-state index contributed by atoms with van der Waals surface area (Å²) in [6.07, 6.45) is -4.04. The molecule has 2 aliphatic heterocycles. The molecule has 0 bridgehead atoms. The zero-order chi connectivity index (χ0) is 30.1. The van der Waals surface area contributed by atoms with E-state index in [2.05, 4.69) is 9.97 Å². The van der Waals surface area contributed by atoms with E-state index in [1.54, 1.807) is 18.6 Å². The number of alkyl halides is 6. The van der Waals surface area contributed by atoms with Gasteiger partial charge in [0.1, 0.15) is 5.60 Å². The summed E-state index contributed by atoms with van der Waals surface area (Å²) in [5, 5.41) is 14.2. The summed E-state index contributed by atoms with van der Waals surface area (Å²) in [6.45, 7) is 5.05. The standard InChI is InChI=1S/C20H23N3O3.2C2HF3O2/c1-15-8-16(10-21-9-15)19(24)23-13-20(14-23)17(5-7-26-20)11-25-12-18-4-2-3-6-22-18;2*3-2(4,5)1(6)7/h2-4,6,8-10,17H,5,7,11-14H2,1H3;2*(H,6,7). The maximum absolute atomic E-state index is 12.6. The van der Waals surface area contributed by atoms with Crippen molar-refractivity contribution in [2.75, 3.05) is 26.3 Å². The van der Waals surface area contributed by atoms with Gasteiger partial charge >= 0.3 is 24.3 Å². The van der Waals surface area contributed by atoms with Crippen LogP contribution in [0, 0.1) is 12.8 Å². The van der Waals surface area contributed by atoms with Gasteiger partial charge in [0.15, 0.2) is 0 Å². The van der Waals surface area contributed by atoms with E-state index in [-0.39, 0.29) is 11.5 Å². The highest BCUT2D eigenvalue weighted by Gasteiger charge is 2.54. The van der Waals surface area contributed by atoms with Crippen LogP contribution in [0.5, 0.6) is 0 Å². The molecule has 1 atom stereocenters. The first kappa shape index (κ1) is 32.4. The molecule has 2 N–H and O–H groups in total. The molecule has 2 aromatic rings. The third kappa shape index (κ3) is 9.44. The summed E-state index contributed by atoms with van der Waals surface area (Å²) in [6, 6.07) is 7.69. The molecule has 10 nitrogen and oxygen atoms in total. The van der Waals surface area contributed by atoms with Crippen molar-refractivity contribution in [3.63, 3.8) is 0 Å². The van der Waals surface area contributed by atoms with E-state index in [0.29, 0.717) is 37.8 Å². The van der Waals surface area contributed by atoms with Crippen molar-refractivity contribution in [1.82, 2.24) is 14.9 Å². The number of carboxylic acid groups (broad SMARTS) is 2. The average molecular weight is 581 g/mol. The van der Waals surface area contributed by atoms with E-state index < -0.39 is 24.3 Å². The molecule has 2 aliphatic rings. The highest BCUT2D eigenvalue weighted by Crippen LogP contribution is 2.40. The first-order chi connectivity index (χ1) is 18.5. The second-order valence-electron chi connectivity index (χ2n) is 8.75. The van der Waals surface area contributed by atoms with Crippen molar-refractivity contribution >= 4 is 17.8 Å². The fourth-order valence-corrected chi connectivity index (χ4v) is 3.76. The summed E-state index contributed by atoms with van der Waals surface area (Å²) in [5.74, 6) is -5.18. The molecule has 16 heteroatoms. The van der Waals surface area contributed by atoms with Crippen LogP contribution in [0.25, 0.3) is 0 Å². The highest BCUT2D eigenvalue weighted by atomic mass is 19.4. The van der Waals surface area contributed by atoms with Gasteiger partial charge in [-0.2, -0.15) is 26.3 Å². The fourth-order valence-electron chi connectivity index (χ4n) is 3.76. The third-order valence-corrected chi connectivity index (χ3v) is 5.71. The molecule has 1 amide bonds. The SMILES string of the molecule is Cc1cncc(C(=O)N2CC3(C2)OCCC3COCc2ccccn2)c1.O=C(O)C(F)(F)F.O=C(O)C(F)(F)F. The molecule has 1 spiro atoms. The smallest absolute Gasteiger partial charge is 0.475 e. The van der Waals surface area contributed by atoms with Crippen molar-refractivity contribution in [3.05, 3.63) is 59.7 Å².